The summed E-state index contributed by atoms with van der Waals surface area (Å²) in [6, 6.07) is 11.9. The molecule has 8 heteroatoms. The number of anilines is 2. The third kappa shape index (κ3) is 3.90. The lowest BCUT2D eigenvalue weighted by Crippen LogP contribution is -2.56. The van der Waals surface area contributed by atoms with Crippen LogP contribution in [0.3, 0.4) is 0 Å². The molecule has 146 valence electrons. The van der Waals surface area contributed by atoms with Gasteiger partial charge in [-0.25, -0.2) is 9.97 Å². The number of amides is 2. The zero-order chi connectivity index (χ0) is 19.3. The van der Waals surface area contributed by atoms with Crippen LogP contribution in [-0.4, -0.2) is 83.9 Å². The Labute approximate surface area is 164 Å². The van der Waals surface area contributed by atoms with Gasteiger partial charge in [0.2, 0.25) is 5.95 Å². The Hall–Kier alpha value is -3.16. The van der Waals surface area contributed by atoms with Gasteiger partial charge >= 0.3 is 11.8 Å². The second-order valence-electron chi connectivity index (χ2n) is 6.94. The lowest BCUT2D eigenvalue weighted by atomic mass is 10.2. The van der Waals surface area contributed by atoms with Crippen molar-refractivity contribution in [3.05, 3.63) is 48.8 Å². The molecule has 4 rings (SSSR count). The van der Waals surface area contributed by atoms with Crippen molar-refractivity contribution in [3.8, 4) is 0 Å². The summed E-state index contributed by atoms with van der Waals surface area (Å²) in [5.74, 6) is -0.128. The summed E-state index contributed by atoms with van der Waals surface area (Å²) in [6.45, 7) is 4.88. The first-order valence-corrected chi connectivity index (χ1v) is 9.62. The number of carbonyl (C=O) groups is 2. The van der Waals surface area contributed by atoms with Gasteiger partial charge in [0.25, 0.3) is 0 Å². The second kappa shape index (κ2) is 8.24. The van der Waals surface area contributed by atoms with Crippen LogP contribution in [0.2, 0.25) is 0 Å². The number of para-hydroxylation sites is 1. The maximum absolute atomic E-state index is 12.7. The van der Waals surface area contributed by atoms with Crippen molar-refractivity contribution < 1.29 is 9.59 Å². The lowest BCUT2D eigenvalue weighted by molar-refractivity contribution is -0.152. The van der Waals surface area contributed by atoms with Crippen molar-refractivity contribution in [3.63, 3.8) is 0 Å². The molecule has 1 aromatic heterocycles. The molecule has 0 radical (unpaired) electrons. The molecular formula is C20H24N6O2. The van der Waals surface area contributed by atoms with Gasteiger partial charge in [-0.1, -0.05) is 18.2 Å². The predicted molar refractivity (Wildman–Crippen MR) is 106 cm³/mol. The van der Waals surface area contributed by atoms with E-state index in [9.17, 15) is 9.59 Å². The molecule has 0 atom stereocenters. The van der Waals surface area contributed by atoms with Crippen LogP contribution in [0.4, 0.5) is 11.6 Å². The topological polar surface area (TPSA) is 72.9 Å². The fourth-order valence-electron chi connectivity index (χ4n) is 3.64. The summed E-state index contributed by atoms with van der Waals surface area (Å²) in [7, 11) is 0. The van der Waals surface area contributed by atoms with E-state index in [-0.39, 0.29) is 0 Å². The highest BCUT2D eigenvalue weighted by molar-refractivity contribution is 6.35. The third-order valence-corrected chi connectivity index (χ3v) is 5.27. The van der Waals surface area contributed by atoms with Crippen molar-refractivity contribution in [1.29, 1.82) is 0 Å². The SMILES string of the molecule is O=C(C(=O)N1CCN(c2ncccn2)CC1)N1CCN(c2ccccc2)CC1. The summed E-state index contributed by atoms with van der Waals surface area (Å²) >= 11 is 0. The van der Waals surface area contributed by atoms with E-state index in [0.717, 1.165) is 18.8 Å². The van der Waals surface area contributed by atoms with Crippen LogP contribution in [0, 0.1) is 0 Å². The largest absolute Gasteiger partial charge is 0.368 e. The van der Waals surface area contributed by atoms with Crippen molar-refractivity contribution in [2.45, 2.75) is 0 Å². The van der Waals surface area contributed by atoms with Crippen molar-refractivity contribution >= 4 is 23.5 Å². The summed E-state index contributed by atoms with van der Waals surface area (Å²) in [5, 5.41) is 0. The molecule has 0 N–H and O–H groups in total. The molecule has 0 aliphatic carbocycles. The Kier molecular flexibility index (Phi) is 5.36. The molecule has 8 nitrogen and oxygen atoms in total. The van der Waals surface area contributed by atoms with Crippen molar-refractivity contribution in [1.82, 2.24) is 19.8 Å². The molecule has 2 fully saturated rings. The van der Waals surface area contributed by atoms with Gasteiger partial charge in [0.05, 0.1) is 0 Å². The Morgan fingerprint density at radius 2 is 1.14 bits per heavy atom. The quantitative estimate of drug-likeness (QED) is 0.706. The van der Waals surface area contributed by atoms with Gasteiger partial charge in [-0.2, -0.15) is 0 Å². The van der Waals surface area contributed by atoms with Crippen LogP contribution in [0.25, 0.3) is 0 Å². The van der Waals surface area contributed by atoms with Crippen LogP contribution in [-0.2, 0) is 9.59 Å². The van der Waals surface area contributed by atoms with E-state index in [1.807, 2.05) is 23.1 Å². The van der Waals surface area contributed by atoms with Crippen LogP contribution < -0.4 is 9.80 Å². The van der Waals surface area contributed by atoms with E-state index in [2.05, 4.69) is 27.0 Å². The van der Waals surface area contributed by atoms with E-state index in [1.165, 1.54) is 0 Å². The van der Waals surface area contributed by atoms with Gasteiger partial charge < -0.3 is 19.6 Å². The zero-order valence-electron chi connectivity index (χ0n) is 15.8. The van der Waals surface area contributed by atoms with E-state index in [4.69, 9.17) is 0 Å². The number of benzene rings is 1. The average molecular weight is 380 g/mol. The number of aromatic nitrogens is 2. The average Bonchev–Trinajstić information content (AvgIpc) is 2.79. The van der Waals surface area contributed by atoms with Crippen LogP contribution >= 0.6 is 0 Å². The first kappa shape index (κ1) is 18.2. The highest BCUT2D eigenvalue weighted by atomic mass is 16.2. The van der Waals surface area contributed by atoms with Gasteiger partial charge in [-0.3, -0.25) is 9.59 Å². The molecule has 0 unspecified atom stereocenters. The highest BCUT2D eigenvalue weighted by Crippen LogP contribution is 2.16. The number of rotatable bonds is 2. The van der Waals surface area contributed by atoms with E-state index in [0.29, 0.717) is 45.2 Å². The van der Waals surface area contributed by atoms with Crippen LogP contribution in [0.15, 0.2) is 48.8 Å². The lowest BCUT2D eigenvalue weighted by Gasteiger charge is -2.38. The molecule has 2 amide bonds. The molecule has 2 saturated heterocycles. The Balaban J connectivity index is 1.28. The Morgan fingerprint density at radius 3 is 1.68 bits per heavy atom. The second-order valence-corrected chi connectivity index (χ2v) is 6.94. The maximum atomic E-state index is 12.7. The van der Waals surface area contributed by atoms with Gasteiger partial charge in [0.1, 0.15) is 0 Å². The predicted octanol–water partition coefficient (Wildman–Crippen LogP) is 0.474. The highest BCUT2D eigenvalue weighted by Gasteiger charge is 2.31. The monoisotopic (exact) mass is 380 g/mol. The molecule has 0 saturated carbocycles. The van der Waals surface area contributed by atoms with Gasteiger partial charge in [0.15, 0.2) is 0 Å². The normalized spacial score (nSPS) is 17.6. The molecule has 0 spiro atoms. The standard InChI is InChI=1S/C20H24N6O2/c27-18(24-11-9-23(10-12-24)17-5-2-1-3-6-17)19(28)25-13-15-26(16-14-25)20-21-7-4-8-22-20/h1-8H,9-16H2. The number of hydrogen-bond acceptors (Lipinski definition) is 6. The first-order valence-electron chi connectivity index (χ1n) is 9.62. The molecule has 2 aromatic rings. The summed E-state index contributed by atoms with van der Waals surface area (Å²) in [4.78, 5) is 41.4. The van der Waals surface area contributed by atoms with Gasteiger partial charge in [-0.05, 0) is 18.2 Å². The van der Waals surface area contributed by atoms with Crippen molar-refractivity contribution in [2.75, 3.05) is 62.2 Å². The van der Waals surface area contributed by atoms with Crippen LogP contribution in [0.5, 0.6) is 0 Å². The minimum absolute atomic E-state index is 0.392. The Morgan fingerprint density at radius 1 is 0.643 bits per heavy atom. The molecular weight excluding hydrogens is 356 g/mol. The fraction of sp³-hybridized carbons (Fsp3) is 0.400. The number of piperazine rings is 2. The third-order valence-electron chi connectivity index (χ3n) is 5.27. The molecule has 28 heavy (non-hydrogen) atoms. The van der Waals surface area contributed by atoms with Crippen molar-refractivity contribution in [2.24, 2.45) is 0 Å². The summed E-state index contributed by atoms with van der Waals surface area (Å²) < 4.78 is 0. The van der Waals surface area contributed by atoms with Crippen LogP contribution in [0.1, 0.15) is 0 Å². The number of hydrogen-bond donors (Lipinski definition) is 0. The molecule has 2 aliphatic heterocycles. The van der Waals surface area contributed by atoms with E-state index < -0.39 is 11.8 Å². The fourth-order valence-corrected chi connectivity index (χ4v) is 3.64. The number of carbonyl (C=O) groups excluding carboxylic acids is 2. The summed E-state index contributed by atoms with van der Waals surface area (Å²) in [6.07, 6.45) is 3.41. The van der Waals surface area contributed by atoms with E-state index in [1.54, 1.807) is 28.3 Å². The van der Waals surface area contributed by atoms with Gasteiger partial charge in [-0.15, -0.1) is 0 Å². The Bertz CT molecular complexity index is 730. The first-order chi connectivity index (χ1) is 13.7. The smallest absolute Gasteiger partial charge is 0.312 e. The van der Waals surface area contributed by atoms with Gasteiger partial charge in [0, 0.05) is 70.4 Å². The molecule has 0 bridgehead atoms. The zero-order valence-corrected chi connectivity index (χ0v) is 15.8. The van der Waals surface area contributed by atoms with E-state index >= 15 is 0 Å². The molecule has 3 heterocycles. The minimum Gasteiger partial charge on any atom is -0.368 e. The molecule has 2 aliphatic rings. The molecule has 1 aromatic carbocycles. The minimum atomic E-state index is -0.401. The number of nitrogens with zero attached hydrogens (tertiary/aromatic N) is 6. The summed E-state index contributed by atoms with van der Waals surface area (Å²) in [5.41, 5.74) is 1.15. The maximum Gasteiger partial charge on any atom is 0.312 e.